The highest BCUT2D eigenvalue weighted by molar-refractivity contribution is 7.90. The topological polar surface area (TPSA) is 86.5 Å². The van der Waals surface area contributed by atoms with Gasteiger partial charge in [-0.1, -0.05) is 5.16 Å². The summed E-state index contributed by atoms with van der Waals surface area (Å²) in [5, 5.41) is 3.76. The number of hydrogen-bond donors (Lipinski definition) is 0. The zero-order chi connectivity index (χ0) is 14.9. The molecule has 2 rings (SSSR count). The molecule has 0 radical (unpaired) electrons. The van der Waals surface area contributed by atoms with Crippen molar-refractivity contribution in [1.29, 1.82) is 0 Å². The van der Waals surface area contributed by atoms with Crippen LogP contribution in [0.2, 0.25) is 0 Å². The predicted molar refractivity (Wildman–Crippen MR) is 71.1 cm³/mol. The van der Waals surface area contributed by atoms with E-state index in [4.69, 9.17) is 4.52 Å². The molecule has 0 aliphatic carbocycles. The van der Waals surface area contributed by atoms with Crippen LogP contribution in [-0.4, -0.2) is 32.9 Å². The number of ether oxygens (including phenoxy) is 1. The Morgan fingerprint density at radius 2 is 2.00 bits per heavy atom. The molecule has 2 aromatic rings. The zero-order valence-electron chi connectivity index (χ0n) is 11.2. The Bertz CT molecular complexity index is 747. The quantitative estimate of drug-likeness (QED) is 0.803. The highest BCUT2D eigenvalue weighted by atomic mass is 32.2. The summed E-state index contributed by atoms with van der Waals surface area (Å²) in [6, 6.07) is 4.35. The second-order valence-corrected chi connectivity index (χ2v) is 6.24. The molecular weight excluding hydrogens is 282 g/mol. The fourth-order valence-corrected chi connectivity index (χ4v) is 2.93. The minimum atomic E-state index is -3.46. The first-order valence-corrected chi connectivity index (χ1v) is 7.58. The smallest absolute Gasteiger partial charge is 0.338 e. The highest BCUT2D eigenvalue weighted by Gasteiger charge is 2.23. The first-order chi connectivity index (χ1) is 9.36. The number of benzene rings is 1. The molecule has 0 aliphatic heterocycles. The summed E-state index contributed by atoms with van der Waals surface area (Å²) in [6.07, 6.45) is 2.44. The maximum atomic E-state index is 11.9. The number of carbonyl (C=O) groups is 1. The van der Waals surface area contributed by atoms with Crippen molar-refractivity contribution >= 4 is 15.8 Å². The SMILES string of the molecule is COC(=O)c1ccc(S(C)(=O)=O)c(-c2ccon2)c1C. The molecule has 0 saturated carbocycles. The van der Waals surface area contributed by atoms with E-state index in [0.29, 0.717) is 16.8 Å². The Labute approximate surface area is 116 Å². The molecule has 106 valence electrons. The van der Waals surface area contributed by atoms with Gasteiger partial charge in [0.1, 0.15) is 12.0 Å². The second kappa shape index (κ2) is 5.09. The van der Waals surface area contributed by atoms with Crippen molar-refractivity contribution in [1.82, 2.24) is 5.16 Å². The van der Waals surface area contributed by atoms with Crippen LogP contribution in [0.1, 0.15) is 15.9 Å². The number of nitrogens with zero attached hydrogens (tertiary/aromatic N) is 1. The molecule has 20 heavy (non-hydrogen) atoms. The van der Waals surface area contributed by atoms with Crippen molar-refractivity contribution in [2.24, 2.45) is 0 Å². The third-order valence-corrected chi connectivity index (χ3v) is 4.06. The molecule has 0 amide bonds. The van der Waals surface area contributed by atoms with E-state index in [2.05, 4.69) is 9.89 Å². The van der Waals surface area contributed by atoms with Gasteiger partial charge < -0.3 is 9.26 Å². The summed E-state index contributed by atoms with van der Waals surface area (Å²) >= 11 is 0. The molecule has 6 nitrogen and oxygen atoms in total. The van der Waals surface area contributed by atoms with Gasteiger partial charge in [-0.05, 0) is 24.6 Å². The summed E-state index contributed by atoms with van der Waals surface area (Å²) < 4.78 is 33.2. The number of rotatable bonds is 3. The number of carbonyl (C=O) groups excluding carboxylic acids is 1. The monoisotopic (exact) mass is 295 g/mol. The van der Waals surface area contributed by atoms with Crippen LogP contribution in [-0.2, 0) is 14.6 Å². The Balaban J connectivity index is 2.81. The van der Waals surface area contributed by atoms with E-state index in [-0.39, 0.29) is 10.5 Å². The van der Waals surface area contributed by atoms with Crippen molar-refractivity contribution in [3.8, 4) is 11.3 Å². The molecule has 0 fully saturated rings. The van der Waals surface area contributed by atoms with Crippen LogP contribution in [0, 0.1) is 6.92 Å². The van der Waals surface area contributed by atoms with Crippen LogP contribution < -0.4 is 0 Å². The van der Waals surface area contributed by atoms with Crippen molar-refractivity contribution in [2.75, 3.05) is 13.4 Å². The summed E-state index contributed by atoms with van der Waals surface area (Å²) in [7, 11) is -2.20. The van der Waals surface area contributed by atoms with Gasteiger partial charge in [-0.25, -0.2) is 13.2 Å². The molecule has 1 aromatic carbocycles. The van der Waals surface area contributed by atoms with Gasteiger partial charge in [0.15, 0.2) is 9.84 Å². The van der Waals surface area contributed by atoms with Crippen LogP contribution in [0.4, 0.5) is 0 Å². The summed E-state index contributed by atoms with van der Waals surface area (Å²) in [5.74, 6) is -0.535. The van der Waals surface area contributed by atoms with E-state index in [1.54, 1.807) is 6.92 Å². The van der Waals surface area contributed by atoms with E-state index in [9.17, 15) is 13.2 Å². The van der Waals surface area contributed by atoms with Crippen molar-refractivity contribution < 1.29 is 22.5 Å². The molecule has 0 saturated heterocycles. The maximum Gasteiger partial charge on any atom is 0.338 e. The normalized spacial score (nSPS) is 11.3. The Morgan fingerprint density at radius 3 is 2.50 bits per heavy atom. The van der Waals surface area contributed by atoms with Crippen LogP contribution >= 0.6 is 0 Å². The van der Waals surface area contributed by atoms with Crippen molar-refractivity contribution in [3.63, 3.8) is 0 Å². The molecule has 0 bridgehead atoms. The van der Waals surface area contributed by atoms with Crippen LogP contribution in [0.3, 0.4) is 0 Å². The molecule has 1 aromatic heterocycles. The fourth-order valence-electron chi connectivity index (χ4n) is 1.99. The Hall–Kier alpha value is -2.15. The predicted octanol–water partition coefficient (Wildman–Crippen LogP) is 1.84. The largest absolute Gasteiger partial charge is 0.465 e. The molecule has 0 atom stereocenters. The lowest BCUT2D eigenvalue weighted by atomic mass is 10.00. The second-order valence-electron chi connectivity index (χ2n) is 4.26. The van der Waals surface area contributed by atoms with Gasteiger partial charge in [0, 0.05) is 17.9 Å². The van der Waals surface area contributed by atoms with Gasteiger partial charge in [0.05, 0.1) is 17.6 Å². The molecule has 1 heterocycles. The maximum absolute atomic E-state index is 11.9. The molecule has 0 spiro atoms. The average Bonchev–Trinajstić information content (AvgIpc) is 2.89. The minimum Gasteiger partial charge on any atom is -0.465 e. The van der Waals surface area contributed by atoms with E-state index in [0.717, 1.165) is 6.26 Å². The van der Waals surface area contributed by atoms with Gasteiger partial charge in [0.2, 0.25) is 0 Å². The molecule has 0 N–H and O–H groups in total. The number of sulfone groups is 1. The lowest BCUT2D eigenvalue weighted by Crippen LogP contribution is -2.09. The third-order valence-electron chi connectivity index (χ3n) is 2.93. The minimum absolute atomic E-state index is 0.0940. The van der Waals surface area contributed by atoms with E-state index < -0.39 is 15.8 Å². The molecule has 0 unspecified atom stereocenters. The van der Waals surface area contributed by atoms with Crippen molar-refractivity contribution in [2.45, 2.75) is 11.8 Å². The summed E-state index contributed by atoms with van der Waals surface area (Å²) in [6.45, 7) is 1.64. The summed E-state index contributed by atoms with van der Waals surface area (Å²) in [5.41, 5.74) is 1.48. The van der Waals surface area contributed by atoms with Gasteiger partial charge in [-0.15, -0.1) is 0 Å². The third kappa shape index (κ3) is 2.44. The van der Waals surface area contributed by atoms with Crippen LogP contribution in [0.15, 0.2) is 33.9 Å². The molecular formula is C13H13NO5S. The van der Waals surface area contributed by atoms with E-state index in [1.807, 2.05) is 0 Å². The summed E-state index contributed by atoms with van der Waals surface area (Å²) in [4.78, 5) is 11.8. The number of hydrogen-bond acceptors (Lipinski definition) is 6. The van der Waals surface area contributed by atoms with Crippen molar-refractivity contribution in [3.05, 3.63) is 35.6 Å². The van der Waals surface area contributed by atoms with Crippen LogP contribution in [0.5, 0.6) is 0 Å². The van der Waals surface area contributed by atoms with Crippen LogP contribution in [0.25, 0.3) is 11.3 Å². The fraction of sp³-hybridized carbons (Fsp3) is 0.231. The Kier molecular flexibility index (Phi) is 3.63. The number of methoxy groups -OCH3 is 1. The molecule has 7 heteroatoms. The number of esters is 1. The van der Waals surface area contributed by atoms with Gasteiger partial charge in [-0.3, -0.25) is 0 Å². The lowest BCUT2D eigenvalue weighted by molar-refractivity contribution is 0.0600. The highest BCUT2D eigenvalue weighted by Crippen LogP contribution is 2.32. The standard InChI is InChI=1S/C13H13NO5S/c1-8-9(13(15)18-2)4-5-11(20(3,16)17)12(8)10-6-7-19-14-10/h4-7H,1-3H3. The average molecular weight is 295 g/mol. The number of aromatic nitrogens is 1. The zero-order valence-corrected chi connectivity index (χ0v) is 12.0. The van der Waals surface area contributed by atoms with Gasteiger partial charge in [0.25, 0.3) is 0 Å². The Morgan fingerprint density at radius 1 is 1.30 bits per heavy atom. The lowest BCUT2D eigenvalue weighted by Gasteiger charge is -2.12. The first-order valence-electron chi connectivity index (χ1n) is 5.69. The van der Waals surface area contributed by atoms with Gasteiger partial charge in [-0.2, -0.15) is 0 Å². The van der Waals surface area contributed by atoms with E-state index in [1.165, 1.54) is 31.6 Å². The first kappa shape index (κ1) is 14.3. The van der Waals surface area contributed by atoms with E-state index >= 15 is 0 Å². The van der Waals surface area contributed by atoms with Gasteiger partial charge >= 0.3 is 5.97 Å². The molecule has 0 aliphatic rings.